The van der Waals surface area contributed by atoms with Crippen LogP contribution < -0.4 is 5.56 Å². The van der Waals surface area contributed by atoms with Gasteiger partial charge in [0.1, 0.15) is 18.6 Å². The van der Waals surface area contributed by atoms with Crippen LogP contribution in [0.2, 0.25) is 0 Å². The van der Waals surface area contributed by atoms with E-state index in [1.165, 1.54) is 16.7 Å². The molecule has 2 aliphatic rings. The molecule has 4 heterocycles. The van der Waals surface area contributed by atoms with Crippen LogP contribution in [0.1, 0.15) is 35.6 Å². The summed E-state index contributed by atoms with van der Waals surface area (Å²) in [6, 6.07) is 6.36. The number of phenols is 1. The minimum Gasteiger partial charge on any atom is -0.508 e. The quantitative estimate of drug-likeness (QED) is 0.297. The van der Waals surface area contributed by atoms with Crippen molar-refractivity contribution in [3.8, 4) is 17.1 Å². The number of aliphatic hydroxyl groups is 1. The summed E-state index contributed by atoms with van der Waals surface area (Å²) in [7, 11) is 0. The lowest BCUT2D eigenvalue weighted by molar-refractivity contribution is -0.172. The van der Waals surface area contributed by atoms with Crippen LogP contribution in [0.4, 0.5) is 0 Å². The molecule has 0 amide bonds. The van der Waals surface area contributed by atoms with E-state index in [1.807, 2.05) is 0 Å². The van der Waals surface area contributed by atoms with E-state index in [-0.39, 0.29) is 42.0 Å². The van der Waals surface area contributed by atoms with Crippen LogP contribution in [0, 0.1) is 0 Å². The van der Waals surface area contributed by atoms with Gasteiger partial charge < -0.3 is 19.5 Å². The third-order valence-corrected chi connectivity index (χ3v) is 6.06. The summed E-state index contributed by atoms with van der Waals surface area (Å²) in [6.07, 6.45) is 3.68. The van der Waals surface area contributed by atoms with E-state index in [9.17, 15) is 24.6 Å². The molecule has 2 aromatic heterocycles. The van der Waals surface area contributed by atoms with Gasteiger partial charge in [-0.15, -0.1) is 0 Å². The molecule has 0 unspecified atom stereocenters. The number of fused-ring (bicyclic) bond motifs is 5. The lowest BCUT2D eigenvalue weighted by Gasteiger charge is -2.31. The number of esters is 1. The van der Waals surface area contributed by atoms with Crippen molar-refractivity contribution in [3.05, 3.63) is 62.9 Å². The standard InChI is InChI=1S/C23H18N2O6/c1-2-23(30)17-9-19-20-15(10-25(19)21(28)16(17)11-31-22(23)29)13(4-3-7-26)14-8-12(27)5-6-18(14)24-20/h3-9,27,30H,2,10-11H2,1H3/t23-/m0/s1. The van der Waals surface area contributed by atoms with E-state index in [4.69, 9.17) is 9.72 Å². The first kappa shape index (κ1) is 19.2. The molecule has 2 N–H and O–H groups in total. The molecule has 0 bridgehead atoms. The number of phenolic OH excluding ortho intramolecular Hbond substituents is 1. The van der Waals surface area contributed by atoms with Crippen molar-refractivity contribution in [3.63, 3.8) is 0 Å². The van der Waals surface area contributed by atoms with Crippen molar-refractivity contribution < 1.29 is 24.5 Å². The number of aromatic nitrogens is 2. The fourth-order valence-electron chi connectivity index (χ4n) is 4.42. The van der Waals surface area contributed by atoms with Gasteiger partial charge in [0.25, 0.3) is 5.56 Å². The Morgan fingerprint density at radius 1 is 1.26 bits per heavy atom. The van der Waals surface area contributed by atoms with Crippen molar-refractivity contribution in [2.24, 2.45) is 0 Å². The molecule has 2 aliphatic heterocycles. The Hall–Kier alpha value is -3.78. The van der Waals surface area contributed by atoms with Crippen LogP contribution in [-0.4, -0.2) is 32.0 Å². The first-order valence-corrected chi connectivity index (χ1v) is 9.83. The van der Waals surface area contributed by atoms with E-state index in [0.29, 0.717) is 39.7 Å². The molecule has 0 radical (unpaired) electrons. The van der Waals surface area contributed by atoms with Crippen molar-refractivity contribution in [2.75, 3.05) is 0 Å². The van der Waals surface area contributed by atoms with Gasteiger partial charge in [-0.2, -0.15) is 0 Å². The zero-order valence-corrected chi connectivity index (χ0v) is 16.6. The number of pyridine rings is 2. The highest BCUT2D eigenvalue weighted by atomic mass is 16.6. The molecular weight excluding hydrogens is 400 g/mol. The van der Waals surface area contributed by atoms with Crippen LogP contribution >= 0.6 is 0 Å². The number of aldehydes is 1. The Bertz CT molecular complexity index is 1390. The molecule has 0 saturated heterocycles. The molecule has 0 spiro atoms. The van der Waals surface area contributed by atoms with Crippen LogP contribution in [0.25, 0.3) is 28.4 Å². The fraction of sp³-hybridized carbons (Fsp3) is 0.217. The number of hydrogen-bond donors (Lipinski definition) is 2. The summed E-state index contributed by atoms with van der Waals surface area (Å²) in [5, 5.41) is 21.6. The molecule has 3 aromatic rings. The van der Waals surface area contributed by atoms with Gasteiger partial charge in [-0.3, -0.25) is 9.59 Å². The molecule has 8 nitrogen and oxygen atoms in total. The third-order valence-electron chi connectivity index (χ3n) is 6.06. The number of benzene rings is 1. The lowest BCUT2D eigenvalue weighted by atomic mass is 9.86. The Morgan fingerprint density at radius 2 is 2.06 bits per heavy atom. The summed E-state index contributed by atoms with van der Waals surface area (Å²) in [4.78, 5) is 41.2. The van der Waals surface area contributed by atoms with Gasteiger partial charge in [-0.25, -0.2) is 9.78 Å². The van der Waals surface area contributed by atoms with Gasteiger partial charge in [0.15, 0.2) is 5.60 Å². The highest BCUT2D eigenvalue weighted by Gasteiger charge is 2.45. The minimum absolute atomic E-state index is 0.0572. The van der Waals surface area contributed by atoms with Gasteiger partial charge >= 0.3 is 5.97 Å². The predicted octanol–water partition coefficient (Wildman–Crippen LogP) is 2.00. The summed E-state index contributed by atoms with van der Waals surface area (Å²) in [5.74, 6) is -0.719. The Labute approximate surface area is 176 Å². The van der Waals surface area contributed by atoms with Crippen LogP contribution in [0.15, 0.2) is 35.1 Å². The molecule has 8 heteroatoms. The van der Waals surface area contributed by atoms with Gasteiger partial charge in [0.2, 0.25) is 0 Å². The maximum atomic E-state index is 13.3. The highest BCUT2D eigenvalue weighted by molar-refractivity contribution is 5.95. The third kappa shape index (κ3) is 2.58. The van der Waals surface area contributed by atoms with Gasteiger partial charge in [-0.05, 0) is 42.3 Å². The topological polar surface area (TPSA) is 119 Å². The number of hydrogen-bond acceptors (Lipinski definition) is 7. The number of carbonyl (C=O) groups excluding carboxylic acids is 2. The van der Waals surface area contributed by atoms with E-state index in [1.54, 1.807) is 31.2 Å². The molecule has 156 valence electrons. The molecule has 0 aliphatic carbocycles. The number of rotatable bonds is 3. The first-order chi connectivity index (χ1) is 14.9. The predicted molar refractivity (Wildman–Crippen MR) is 111 cm³/mol. The average molecular weight is 418 g/mol. The van der Waals surface area contributed by atoms with Gasteiger partial charge in [0.05, 0.1) is 29.0 Å². The number of carbonyl (C=O) groups is 2. The maximum Gasteiger partial charge on any atom is 0.343 e. The van der Waals surface area contributed by atoms with E-state index >= 15 is 0 Å². The summed E-state index contributed by atoms with van der Waals surface area (Å²) >= 11 is 0. The summed E-state index contributed by atoms with van der Waals surface area (Å²) in [6.45, 7) is 1.65. The fourth-order valence-corrected chi connectivity index (χ4v) is 4.42. The van der Waals surface area contributed by atoms with Crippen molar-refractivity contribution in [1.29, 1.82) is 0 Å². The van der Waals surface area contributed by atoms with Gasteiger partial charge in [0, 0.05) is 16.5 Å². The second-order valence-corrected chi connectivity index (χ2v) is 7.65. The molecule has 31 heavy (non-hydrogen) atoms. The second kappa shape index (κ2) is 6.61. The minimum atomic E-state index is -1.89. The van der Waals surface area contributed by atoms with Crippen LogP contribution in [0.3, 0.4) is 0 Å². The molecule has 1 atom stereocenters. The van der Waals surface area contributed by atoms with E-state index in [2.05, 4.69) is 0 Å². The normalized spacial score (nSPS) is 19.2. The molecular formula is C23H18N2O6. The number of nitrogens with zero attached hydrogens (tertiary/aromatic N) is 2. The number of ether oxygens (including phenoxy) is 1. The Balaban J connectivity index is 1.84. The smallest absolute Gasteiger partial charge is 0.343 e. The average Bonchev–Trinajstić information content (AvgIpc) is 3.13. The van der Waals surface area contributed by atoms with E-state index < -0.39 is 11.6 Å². The molecule has 5 rings (SSSR count). The van der Waals surface area contributed by atoms with Crippen molar-refractivity contribution in [1.82, 2.24) is 9.55 Å². The first-order valence-electron chi connectivity index (χ1n) is 9.83. The van der Waals surface area contributed by atoms with Crippen LogP contribution in [-0.2, 0) is 33.1 Å². The largest absolute Gasteiger partial charge is 0.508 e. The second-order valence-electron chi connectivity index (χ2n) is 7.65. The summed E-state index contributed by atoms with van der Waals surface area (Å²) in [5.41, 5.74) is 1.20. The van der Waals surface area contributed by atoms with E-state index in [0.717, 1.165) is 0 Å². The van der Waals surface area contributed by atoms with Gasteiger partial charge in [-0.1, -0.05) is 13.0 Å². The Kier molecular flexibility index (Phi) is 4.10. The number of aromatic hydroxyl groups is 1. The SMILES string of the molecule is CC[C@@]1(O)C(=O)OCc2c1cc1n(c2=O)Cc2c-1nc1ccc(O)cc1c2C=CC=O. The van der Waals surface area contributed by atoms with Crippen molar-refractivity contribution in [2.45, 2.75) is 32.1 Å². The van der Waals surface area contributed by atoms with Crippen LogP contribution in [0.5, 0.6) is 5.75 Å². The molecule has 1 aromatic carbocycles. The Morgan fingerprint density at radius 3 is 2.81 bits per heavy atom. The lowest BCUT2D eigenvalue weighted by Crippen LogP contribution is -2.44. The zero-order valence-electron chi connectivity index (χ0n) is 16.6. The monoisotopic (exact) mass is 418 g/mol. The molecule has 0 saturated carbocycles. The maximum absolute atomic E-state index is 13.3. The highest BCUT2D eigenvalue weighted by Crippen LogP contribution is 2.40. The zero-order chi connectivity index (χ0) is 21.9. The van der Waals surface area contributed by atoms with Crippen molar-refractivity contribution >= 4 is 29.2 Å². The number of allylic oxidation sites excluding steroid dienone is 1. The number of cyclic esters (lactones) is 1. The summed E-state index contributed by atoms with van der Waals surface area (Å²) < 4.78 is 6.62. The molecule has 0 fully saturated rings.